The van der Waals surface area contributed by atoms with Crippen molar-refractivity contribution in [2.75, 3.05) is 7.11 Å². The second kappa shape index (κ2) is 6.35. The van der Waals surface area contributed by atoms with Crippen LogP contribution < -0.4 is 4.74 Å². The Balaban J connectivity index is 1.65. The summed E-state index contributed by atoms with van der Waals surface area (Å²) in [5.74, 6) is 0.507. The van der Waals surface area contributed by atoms with Crippen LogP contribution in [0.25, 0.3) is 39.1 Å². The molecule has 0 aliphatic heterocycles. The second-order valence-electron chi connectivity index (χ2n) is 6.44. The molecule has 0 saturated heterocycles. The van der Waals surface area contributed by atoms with E-state index < -0.39 is 0 Å². The van der Waals surface area contributed by atoms with Crippen molar-refractivity contribution in [1.29, 1.82) is 0 Å². The van der Waals surface area contributed by atoms with E-state index in [0.29, 0.717) is 5.75 Å². The largest absolute Gasteiger partial charge is 0.504 e. The Labute approximate surface area is 160 Å². The highest BCUT2D eigenvalue weighted by Crippen LogP contribution is 2.31. The molecule has 1 N–H and O–H groups in total. The molecule has 0 amide bonds. The van der Waals surface area contributed by atoms with Crippen LogP contribution in [0.5, 0.6) is 11.5 Å². The van der Waals surface area contributed by atoms with E-state index in [4.69, 9.17) is 4.74 Å². The number of phenols is 1. The summed E-state index contributed by atoms with van der Waals surface area (Å²) in [4.78, 5) is 13.4. The Morgan fingerprint density at radius 2 is 1.82 bits per heavy atom. The summed E-state index contributed by atoms with van der Waals surface area (Å²) in [6.45, 7) is 0. The van der Waals surface area contributed by atoms with Crippen molar-refractivity contribution in [2.24, 2.45) is 0 Å². The molecule has 0 unspecified atom stereocenters. The topological polar surface area (TPSA) is 72.5 Å². The van der Waals surface area contributed by atoms with Crippen molar-refractivity contribution in [3.05, 3.63) is 73.3 Å². The molecule has 0 atom stereocenters. The molecule has 0 spiro atoms. The summed E-state index contributed by atoms with van der Waals surface area (Å²) in [6.07, 6.45) is 7.31. The second-order valence-corrected chi connectivity index (χ2v) is 6.44. The summed E-state index contributed by atoms with van der Waals surface area (Å²) < 4.78 is 7.22. The van der Waals surface area contributed by atoms with Crippen LogP contribution in [0.4, 0.5) is 0 Å². The van der Waals surface area contributed by atoms with Gasteiger partial charge in [-0.25, -0.2) is 4.98 Å². The van der Waals surface area contributed by atoms with Gasteiger partial charge in [0.15, 0.2) is 17.1 Å². The maximum Gasteiger partial charge on any atom is 0.161 e. The van der Waals surface area contributed by atoms with E-state index in [0.717, 1.165) is 39.1 Å². The van der Waals surface area contributed by atoms with Crippen LogP contribution in [0.1, 0.15) is 0 Å². The van der Waals surface area contributed by atoms with Crippen LogP contribution in [0.2, 0.25) is 0 Å². The Morgan fingerprint density at radius 3 is 2.71 bits per heavy atom. The van der Waals surface area contributed by atoms with Crippen LogP contribution in [0.3, 0.4) is 0 Å². The standard InChI is InChI=1S/C22H16N4O2/c1-28-21-10-15(5-7-20(21)27)18-13-26-19(11-25-22(26)12-24-18)16-4-6-17-14(9-16)3-2-8-23-17/h2-13,27H,1H3. The van der Waals surface area contributed by atoms with Crippen LogP contribution >= 0.6 is 0 Å². The molecule has 0 bridgehead atoms. The van der Waals surface area contributed by atoms with Gasteiger partial charge in [-0.1, -0.05) is 12.1 Å². The van der Waals surface area contributed by atoms with Gasteiger partial charge in [0, 0.05) is 28.9 Å². The molecule has 0 aliphatic carbocycles. The highest BCUT2D eigenvalue weighted by Gasteiger charge is 2.11. The number of hydrogen-bond donors (Lipinski definition) is 1. The normalized spacial score (nSPS) is 11.2. The maximum absolute atomic E-state index is 9.83. The summed E-state index contributed by atoms with van der Waals surface area (Å²) >= 11 is 0. The van der Waals surface area contributed by atoms with Crippen molar-refractivity contribution >= 4 is 16.6 Å². The molecule has 6 nitrogen and oxygen atoms in total. The number of ether oxygens (including phenoxy) is 1. The first kappa shape index (κ1) is 16.3. The predicted molar refractivity (Wildman–Crippen MR) is 107 cm³/mol. The number of methoxy groups -OCH3 is 1. The minimum Gasteiger partial charge on any atom is -0.504 e. The van der Waals surface area contributed by atoms with Gasteiger partial charge in [-0.3, -0.25) is 14.4 Å². The molecular formula is C22H16N4O2. The molecule has 0 fully saturated rings. The Kier molecular flexibility index (Phi) is 3.69. The van der Waals surface area contributed by atoms with E-state index in [9.17, 15) is 5.11 Å². The highest BCUT2D eigenvalue weighted by atomic mass is 16.5. The summed E-state index contributed by atoms with van der Waals surface area (Å²) in [7, 11) is 1.53. The number of rotatable bonds is 3. The van der Waals surface area contributed by atoms with Gasteiger partial charge in [0.05, 0.1) is 36.4 Å². The summed E-state index contributed by atoms with van der Waals surface area (Å²) in [5.41, 5.74) is 5.34. The zero-order valence-electron chi connectivity index (χ0n) is 15.1. The van der Waals surface area contributed by atoms with Crippen LogP contribution in [0.15, 0.2) is 73.3 Å². The first-order chi connectivity index (χ1) is 13.7. The van der Waals surface area contributed by atoms with Crippen molar-refractivity contribution < 1.29 is 9.84 Å². The van der Waals surface area contributed by atoms with Crippen LogP contribution in [-0.4, -0.2) is 31.6 Å². The molecule has 6 heteroatoms. The number of aromatic hydroxyl groups is 1. The van der Waals surface area contributed by atoms with Crippen LogP contribution in [-0.2, 0) is 0 Å². The molecule has 5 rings (SSSR count). The minimum atomic E-state index is 0.0976. The van der Waals surface area contributed by atoms with E-state index >= 15 is 0 Å². The average molecular weight is 368 g/mol. The molecule has 2 aromatic carbocycles. The highest BCUT2D eigenvalue weighted by molar-refractivity contribution is 5.84. The number of pyridine rings is 1. The van der Waals surface area contributed by atoms with Crippen molar-refractivity contribution in [3.63, 3.8) is 0 Å². The monoisotopic (exact) mass is 368 g/mol. The Morgan fingerprint density at radius 1 is 0.929 bits per heavy atom. The molecule has 0 radical (unpaired) electrons. The molecule has 0 aliphatic rings. The number of fused-ring (bicyclic) bond motifs is 2. The Hall–Kier alpha value is -3.93. The first-order valence-corrected chi connectivity index (χ1v) is 8.78. The van der Waals surface area contributed by atoms with Gasteiger partial charge in [0.1, 0.15) is 0 Å². The van der Waals surface area contributed by atoms with Gasteiger partial charge < -0.3 is 9.84 Å². The lowest BCUT2D eigenvalue weighted by Crippen LogP contribution is -1.94. The predicted octanol–water partition coefficient (Wildman–Crippen LogP) is 4.33. The molecule has 0 saturated carbocycles. The molecule has 3 aromatic heterocycles. The van der Waals surface area contributed by atoms with Gasteiger partial charge in [0.2, 0.25) is 0 Å². The molecule has 3 heterocycles. The number of phenolic OH excluding ortho intramolecular Hbond substituents is 1. The smallest absolute Gasteiger partial charge is 0.161 e. The van der Waals surface area contributed by atoms with E-state index in [1.807, 2.05) is 47.1 Å². The van der Waals surface area contributed by atoms with Gasteiger partial charge in [-0.2, -0.15) is 0 Å². The lowest BCUT2D eigenvalue weighted by molar-refractivity contribution is 0.373. The molecule has 28 heavy (non-hydrogen) atoms. The van der Waals surface area contributed by atoms with Gasteiger partial charge in [-0.15, -0.1) is 0 Å². The lowest BCUT2D eigenvalue weighted by atomic mass is 10.1. The van der Waals surface area contributed by atoms with E-state index in [1.165, 1.54) is 7.11 Å². The Bertz CT molecular complexity index is 1330. The third kappa shape index (κ3) is 2.63. The van der Waals surface area contributed by atoms with E-state index in [1.54, 1.807) is 24.5 Å². The quantitative estimate of drug-likeness (QED) is 0.513. The zero-order chi connectivity index (χ0) is 19.1. The summed E-state index contributed by atoms with van der Waals surface area (Å²) in [6, 6.07) is 15.3. The lowest BCUT2D eigenvalue weighted by Gasteiger charge is -2.08. The average Bonchev–Trinajstić information content (AvgIpc) is 3.17. The van der Waals surface area contributed by atoms with E-state index in [2.05, 4.69) is 21.0 Å². The minimum absolute atomic E-state index is 0.0976. The number of nitrogens with zero attached hydrogens (tertiary/aromatic N) is 4. The van der Waals surface area contributed by atoms with Crippen molar-refractivity contribution in [2.45, 2.75) is 0 Å². The fourth-order valence-corrected chi connectivity index (χ4v) is 3.32. The zero-order valence-corrected chi connectivity index (χ0v) is 15.1. The number of imidazole rings is 1. The third-order valence-corrected chi connectivity index (χ3v) is 4.77. The number of benzene rings is 2. The SMILES string of the molecule is COc1cc(-c2cn3c(-c4ccc5ncccc5c4)cnc3cn2)ccc1O. The summed E-state index contributed by atoms with van der Waals surface area (Å²) in [5, 5.41) is 10.9. The van der Waals surface area contributed by atoms with Crippen molar-refractivity contribution in [3.8, 4) is 34.0 Å². The van der Waals surface area contributed by atoms with Gasteiger partial charge >= 0.3 is 0 Å². The molecule has 136 valence electrons. The number of hydrogen-bond acceptors (Lipinski definition) is 5. The first-order valence-electron chi connectivity index (χ1n) is 8.78. The maximum atomic E-state index is 9.83. The van der Waals surface area contributed by atoms with Crippen LogP contribution in [0, 0.1) is 0 Å². The fraction of sp³-hybridized carbons (Fsp3) is 0.0455. The molecular weight excluding hydrogens is 352 g/mol. The fourth-order valence-electron chi connectivity index (χ4n) is 3.32. The molecule has 5 aromatic rings. The van der Waals surface area contributed by atoms with Gasteiger partial charge in [0.25, 0.3) is 0 Å². The third-order valence-electron chi connectivity index (χ3n) is 4.77. The van der Waals surface area contributed by atoms with Crippen molar-refractivity contribution in [1.82, 2.24) is 19.4 Å². The number of aromatic nitrogens is 4. The van der Waals surface area contributed by atoms with E-state index in [-0.39, 0.29) is 5.75 Å². The van der Waals surface area contributed by atoms with Gasteiger partial charge in [-0.05, 0) is 36.4 Å².